The van der Waals surface area contributed by atoms with Gasteiger partial charge in [-0.25, -0.2) is 0 Å². The minimum Gasteiger partial charge on any atom is -0.379 e. The molecular formula is C21H28N2O2. The molecule has 1 aliphatic rings. The Balaban J connectivity index is 1.64. The first kappa shape index (κ1) is 17.9. The summed E-state index contributed by atoms with van der Waals surface area (Å²) in [5, 5.41) is 5.40. The highest BCUT2D eigenvalue weighted by molar-refractivity contribution is 5.98. The van der Waals surface area contributed by atoms with Gasteiger partial charge in [0, 0.05) is 31.2 Å². The molecule has 134 valence electrons. The molecule has 3 rings (SSSR count). The standard InChI is InChI=1S/C21H28N2O2/c1-16(2)13-20(23-9-11-25-12-10-23)15-22-21(24)19-8-7-17-5-3-4-6-18(17)14-19/h3-8,14,16,20H,9-13,15H2,1-2H3,(H,22,24)/t20-/m0/s1. The lowest BCUT2D eigenvalue weighted by atomic mass is 10.0. The molecule has 1 aliphatic heterocycles. The van der Waals surface area contributed by atoms with Crippen molar-refractivity contribution in [3.63, 3.8) is 0 Å². The van der Waals surface area contributed by atoms with E-state index in [-0.39, 0.29) is 5.91 Å². The number of nitrogens with zero attached hydrogens (tertiary/aromatic N) is 1. The molecule has 0 radical (unpaired) electrons. The van der Waals surface area contributed by atoms with Crippen molar-refractivity contribution >= 4 is 16.7 Å². The van der Waals surface area contributed by atoms with E-state index in [1.165, 1.54) is 0 Å². The number of ether oxygens (including phenoxy) is 1. The van der Waals surface area contributed by atoms with Crippen LogP contribution in [0.5, 0.6) is 0 Å². The van der Waals surface area contributed by atoms with Gasteiger partial charge in [-0.1, -0.05) is 44.2 Å². The summed E-state index contributed by atoms with van der Waals surface area (Å²) < 4.78 is 5.46. The van der Waals surface area contributed by atoms with Gasteiger partial charge in [0.25, 0.3) is 5.91 Å². The van der Waals surface area contributed by atoms with Gasteiger partial charge in [0.2, 0.25) is 0 Å². The van der Waals surface area contributed by atoms with Gasteiger partial charge in [0.15, 0.2) is 0 Å². The van der Waals surface area contributed by atoms with Crippen molar-refractivity contribution in [3.8, 4) is 0 Å². The number of rotatable bonds is 6. The van der Waals surface area contributed by atoms with Crippen LogP contribution in [0.15, 0.2) is 42.5 Å². The number of carbonyl (C=O) groups excluding carboxylic acids is 1. The fraction of sp³-hybridized carbons (Fsp3) is 0.476. The van der Waals surface area contributed by atoms with Gasteiger partial charge in [-0.05, 0) is 35.2 Å². The summed E-state index contributed by atoms with van der Waals surface area (Å²) in [6, 6.07) is 14.4. The van der Waals surface area contributed by atoms with E-state index in [2.05, 4.69) is 30.1 Å². The number of hydrogen-bond acceptors (Lipinski definition) is 3. The van der Waals surface area contributed by atoms with E-state index in [1.54, 1.807) is 0 Å². The maximum Gasteiger partial charge on any atom is 0.251 e. The Morgan fingerprint density at radius 1 is 1.12 bits per heavy atom. The molecule has 4 nitrogen and oxygen atoms in total. The lowest BCUT2D eigenvalue weighted by Crippen LogP contribution is -2.49. The third kappa shape index (κ3) is 4.80. The van der Waals surface area contributed by atoms with Crippen LogP contribution in [0.25, 0.3) is 10.8 Å². The summed E-state index contributed by atoms with van der Waals surface area (Å²) in [6.45, 7) is 8.62. The van der Waals surface area contributed by atoms with E-state index in [1.807, 2.05) is 36.4 Å². The lowest BCUT2D eigenvalue weighted by molar-refractivity contribution is 0.0124. The van der Waals surface area contributed by atoms with E-state index in [0.717, 1.165) is 49.1 Å². The van der Waals surface area contributed by atoms with Crippen molar-refractivity contribution in [2.45, 2.75) is 26.3 Å². The highest BCUT2D eigenvalue weighted by Crippen LogP contribution is 2.16. The van der Waals surface area contributed by atoms with E-state index in [9.17, 15) is 4.79 Å². The van der Waals surface area contributed by atoms with Crippen molar-refractivity contribution in [2.24, 2.45) is 5.92 Å². The molecule has 1 saturated heterocycles. The van der Waals surface area contributed by atoms with E-state index in [4.69, 9.17) is 4.74 Å². The Morgan fingerprint density at radius 2 is 1.84 bits per heavy atom. The Hall–Kier alpha value is -1.91. The second-order valence-corrected chi connectivity index (χ2v) is 7.20. The number of morpholine rings is 1. The summed E-state index contributed by atoms with van der Waals surface area (Å²) in [5.41, 5.74) is 0.726. The van der Waals surface area contributed by atoms with Gasteiger partial charge in [0.05, 0.1) is 13.2 Å². The van der Waals surface area contributed by atoms with Gasteiger partial charge in [0.1, 0.15) is 0 Å². The molecule has 1 atom stereocenters. The SMILES string of the molecule is CC(C)C[C@@H](CNC(=O)c1ccc2ccccc2c1)N1CCOCC1. The Labute approximate surface area is 150 Å². The summed E-state index contributed by atoms with van der Waals surface area (Å²) in [6.07, 6.45) is 1.08. The van der Waals surface area contributed by atoms with E-state index in [0.29, 0.717) is 18.5 Å². The molecule has 2 aromatic rings. The molecule has 0 saturated carbocycles. The molecule has 4 heteroatoms. The molecule has 25 heavy (non-hydrogen) atoms. The molecule has 0 aromatic heterocycles. The van der Waals surface area contributed by atoms with Crippen molar-refractivity contribution in [1.82, 2.24) is 10.2 Å². The van der Waals surface area contributed by atoms with Crippen LogP contribution in [0.4, 0.5) is 0 Å². The van der Waals surface area contributed by atoms with Crippen LogP contribution in [0.3, 0.4) is 0 Å². The van der Waals surface area contributed by atoms with Crippen LogP contribution in [0.1, 0.15) is 30.6 Å². The number of hydrogen-bond donors (Lipinski definition) is 1. The molecule has 1 N–H and O–H groups in total. The topological polar surface area (TPSA) is 41.6 Å². The van der Waals surface area contributed by atoms with Gasteiger partial charge in [-0.3, -0.25) is 9.69 Å². The van der Waals surface area contributed by atoms with Crippen LogP contribution < -0.4 is 5.32 Å². The number of carbonyl (C=O) groups is 1. The zero-order chi connectivity index (χ0) is 17.6. The molecule has 1 heterocycles. The van der Waals surface area contributed by atoms with Gasteiger partial charge in [-0.15, -0.1) is 0 Å². The van der Waals surface area contributed by atoms with Crippen LogP contribution in [-0.2, 0) is 4.74 Å². The molecule has 1 fully saturated rings. The fourth-order valence-electron chi connectivity index (χ4n) is 3.49. The van der Waals surface area contributed by atoms with Crippen LogP contribution >= 0.6 is 0 Å². The average Bonchev–Trinajstić information content (AvgIpc) is 2.65. The normalized spacial score (nSPS) is 16.9. The molecule has 1 amide bonds. The summed E-state index contributed by atoms with van der Waals surface area (Å²) in [5.74, 6) is 0.609. The summed E-state index contributed by atoms with van der Waals surface area (Å²) in [7, 11) is 0. The first-order valence-corrected chi connectivity index (χ1v) is 9.22. The minimum absolute atomic E-state index is 0.00719. The van der Waals surface area contributed by atoms with E-state index < -0.39 is 0 Å². The molecule has 2 aromatic carbocycles. The fourth-order valence-corrected chi connectivity index (χ4v) is 3.49. The number of fused-ring (bicyclic) bond motifs is 1. The molecule has 0 aliphatic carbocycles. The minimum atomic E-state index is 0.00719. The summed E-state index contributed by atoms with van der Waals surface area (Å²) >= 11 is 0. The van der Waals surface area contributed by atoms with E-state index >= 15 is 0 Å². The second-order valence-electron chi connectivity index (χ2n) is 7.20. The van der Waals surface area contributed by atoms with Gasteiger partial charge < -0.3 is 10.1 Å². The smallest absolute Gasteiger partial charge is 0.251 e. The predicted octanol–water partition coefficient (Wildman–Crippen LogP) is 3.32. The van der Waals surface area contributed by atoms with Crippen LogP contribution in [-0.4, -0.2) is 49.7 Å². The third-order valence-electron chi connectivity index (χ3n) is 4.82. The zero-order valence-corrected chi connectivity index (χ0v) is 15.2. The highest BCUT2D eigenvalue weighted by atomic mass is 16.5. The maximum atomic E-state index is 12.6. The van der Waals surface area contributed by atoms with Crippen LogP contribution in [0.2, 0.25) is 0 Å². The van der Waals surface area contributed by atoms with Crippen molar-refractivity contribution < 1.29 is 9.53 Å². The quantitative estimate of drug-likeness (QED) is 0.877. The van der Waals surface area contributed by atoms with Gasteiger partial charge >= 0.3 is 0 Å². The average molecular weight is 340 g/mol. The Morgan fingerprint density at radius 3 is 2.56 bits per heavy atom. The van der Waals surface area contributed by atoms with Gasteiger partial charge in [-0.2, -0.15) is 0 Å². The maximum absolute atomic E-state index is 12.6. The second kappa shape index (κ2) is 8.45. The predicted molar refractivity (Wildman–Crippen MR) is 102 cm³/mol. The molecular weight excluding hydrogens is 312 g/mol. The largest absolute Gasteiger partial charge is 0.379 e. The monoisotopic (exact) mass is 340 g/mol. The van der Waals surface area contributed by atoms with Crippen LogP contribution in [0, 0.1) is 5.92 Å². The van der Waals surface area contributed by atoms with Crippen molar-refractivity contribution in [2.75, 3.05) is 32.8 Å². The first-order chi connectivity index (χ1) is 12.1. The Kier molecular flexibility index (Phi) is 6.05. The Bertz CT molecular complexity index is 708. The summed E-state index contributed by atoms with van der Waals surface area (Å²) in [4.78, 5) is 15.1. The van der Waals surface area contributed by atoms with Crippen molar-refractivity contribution in [3.05, 3.63) is 48.0 Å². The number of nitrogens with one attached hydrogen (secondary N) is 1. The lowest BCUT2D eigenvalue weighted by Gasteiger charge is -2.35. The number of benzene rings is 2. The first-order valence-electron chi connectivity index (χ1n) is 9.22. The molecule has 0 unspecified atom stereocenters. The molecule has 0 spiro atoms. The zero-order valence-electron chi connectivity index (χ0n) is 15.2. The third-order valence-corrected chi connectivity index (χ3v) is 4.82. The van der Waals surface area contributed by atoms with Crippen molar-refractivity contribution in [1.29, 1.82) is 0 Å². The number of amides is 1. The molecule has 0 bridgehead atoms. The highest BCUT2D eigenvalue weighted by Gasteiger charge is 2.22.